The summed E-state index contributed by atoms with van der Waals surface area (Å²) in [6.45, 7) is 6.30. The van der Waals surface area contributed by atoms with E-state index >= 15 is 0 Å². The first kappa shape index (κ1) is 27.5. The molecule has 4 bridgehead atoms. The molecule has 3 aliphatic rings. The van der Waals surface area contributed by atoms with Gasteiger partial charge in [0.25, 0.3) is 15.9 Å². The van der Waals surface area contributed by atoms with Crippen LogP contribution in [0, 0.1) is 11.8 Å². The lowest BCUT2D eigenvalue weighted by Gasteiger charge is -2.34. The van der Waals surface area contributed by atoms with E-state index < -0.39 is 15.9 Å². The molecule has 2 fully saturated rings. The molecule has 3 aromatic rings. The Bertz CT molecular complexity index is 1530. The quantitative estimate of drug-likeness (QED) is 0.468. The summed E-state index contributed by atoms with van der Waals surface area (Å²) < 4.78 is 36.2. The molecule has 41 heavy (non-hydrogen) atoms. The second-order valence-electron chi connectivity index (χ2n) is 12.0. The fraction of sp³-hybridized carbons (Fsp3) is 0.517. The van der Waals surface area contributed by atoms with Gasteiger partial charge in [0.2, 0.25) is 5.88 Å². The van der Waals surface area contributed by atoms with E-state index in [9.17, 15) is 13.2 Å². The highest BCUT2D eigenvalue weighted by atomic mass is 32.2. The Morgan fingerprint density at radius 1 is 1.05 bits per heavy atom. The summed E-state index contributed by atoms with van der Waals surface area (Å²) in [5.74, 6) is 2.15. The smallest absolute Gasteiger partial charge is 0.281 e. The summed E-state index contributed by atoms with van der Waals surface area (Å²) in [5, 5.41) is 7.58. The number of hydrogen-bond donors (Lipinski definition) is 2. The SMILES string of the molecule is CC1(C)CC2CCCNc3cccc(n3)S(=O)(=O)NC(=O)c3ccc(-n4ccc(OCC5CCCC5)n4)nc3N1C2. The third-order valence-electron chi connectivity index (χ3n) is 8.38. The Kier molecular flexibility index (Phi) is 7.35. The first-order chi connectivity index (χ1) is 19.7. The fourth-order valence-corrected chi connectivity index (χ4v) is 7.23. The molecule has 12 heteroatoms. The monoisotopic (exact) mass is 579 g/mol. The number of fused-ring (bicyclic) bond motifs is 6. The second-order valence-corrected chi connectivity index (χ2v) is 13.6. The molecule has 1 unspecified atom stereocenters. The van der Waals surface area contributed by atoms with E-state index in [1.165, 1.54) is 31.7 Å². The van der Waals surface area contributed by atoms with Crippen LogP contribution in [0.4, 0.5) is 11.6 Å². The molecule has 1 atom stereocenters. The van der Waals surface area contributed by atoms with Crippen LogP contribution in [-0.2, 0) is 10.0 Å². The molecule has 0 radical (unpaired) electrons. The van der Waals surface area contributed by atoms with Crippen molar-refractivity contribution in [1.82, 2.24) is 24.5 Å². The van der Waals surface area contributed by atoms with E-state index in [1.54, 1.807) is 35.1 Å². The normalized spacial score (nSPS) is 22.2. The summed E-state index contributed by atoms with van der Waals surface area (Å²) in [5.41, 5.74) is -0.111. The molecule has 0 spiro atoms. The third-order valence-corrected chi connectivity index (χ3v) is 9.61. The van der Waals surface area contributed by atoms with Gasteiger partial charge in [-0.3, -0.25) is 4.79 Å². The van der Waals surface area contributed by atoms with Crippen LogP contribution in [0.15, 0.2) is 47.6 Å². The zero-order chi connectivity index (χ0) is 28.6. The van der Waals surface area contributed by atoms with E-state index in [-0.39, 0.29) is 16.1 Å². The Balaban J connectivity index is 1.35. The number of hydrogen-bond acceptors (Lipinski definition) is 9. The van der Waals surface area contributed by atoms with E-state index in [0.717, 1.165) is 19.3 Å². The number of sulfonamides is 1. The maximum absolute atomic E-state index is 13.6. The Morgan fingerprint density at radius 2 is 1.88 bits per heavy atom. The van der Waals surface area contributed by atoms with Crippen LogP contribution in [0.2, 0.25) is 0 Å². The maximum atomic E-state index is 13.6. The number of ether oxygens (including phenoxy) is 1. The molecule has 2 N–H and O–H groups in total. The van der Waals surface area contributed by atoms with E-state index in [1.807, 2.05) is 6.07 Å². The van der Waals surface area contributed by atoms with Crippen LogP contribution >= 0.6 is 0 Å². The molecule has 5 heterocycles. The van der Waals surface area contributed by atoms with Crippen LogP contribution in [0.3, 0.4) is 0 Å². The molecule has 1 amide bonds. The third kappa shape index (κ3) is 5.88. The van der Waals surface area contributed by atoms with Crippen molar-refractivity contribution in [2.75, 3.05) is 29.9 Å². The molecule has 1 saturated heterocycles. The molecular formula is C29H37N7O4S. The van der Waals surface area contributed by atoms with Crippen molar-refractivity contribution in [3.05, 3.63) is 48.2 Å². The van der Waals surface area contributed by atoms with Crippen molar-refractivity contribution < 1.29 is 17.9 Å². The Hall–Kier alpha value is -3.67. The highest BCUT2D eigenvalue weighted by molar-refractivity contribution is 7.90. The van der Waals surface area contributed by atoms with Crippen molar-refractivity contribution in [1.29, 1.82) is 0 Å². The van der Waals surface area contributed by atoms with Gasteiger partial charge in [-0.25, -0.2) is 19.4 Å². The minimum absolute atomic E-state index is 0.181. The highest BCUT2D eigenvalue weighted by Gasteiger charge is 2.41. The number of pyridine rings is 2. The molecule has 1 saturated carbocycles. The van der Waals surface area contributed by atoms with E-state index in [4.69, 9.17) is 9.72 Å². The van der Waals surface area contributed by atoms with Crippen LogP contribution in [-0.4, -0.2) is 59.3 Å². The number of aromatic nitrogens is 4. The second kappa shape index (κ2) is 11.0. The maximum Gasteiger partial charge on any atom is 0.281 e. The average Bonchev–Trinajstić information content (AvgIpc) is 3.69. The topological polar surface area (TPSA) is 131 Å². The number of carbonyl (C=O) groups excluding carboxylic acids is 1. The summed E-state index contributed by atoms with van der Waals surface area (Å²) in [7, 11) is -4.22. The van der Waals surface area contributed by atoms with E-state index in [0.29, 0.717) is 54.9 Å². The highest BCUT2D eigenvalue weighted by Crippen LogP contribution is 2.39. The van der Waals surface area contributed by atoms with Crippen LogP contribution in [0.1, 0.15) is 69.2 Å². The van der Waals surface area contributed by atoms with Gasteiger partial charge in [0, 0.05) is 30.9 Å². The first-order valence-electron chi connectivity index (χ1n) is 14.4. The molecule has 1 aliphatic carbocycles. The summed E-state index contributed by atoms with van der Waals surface area (Å²) >= 11 is 0. The molecule has 3 aromatic heterocycles. The summed E-state index contributed by atoms with van der Waals surface area (Å²) in [6, 6.07) is 9.82. The summed E-state index contributed by atoms with van der Waals surface area (Å²) in [4.78, 5) is 24.8. The summed E-state index contributed by atoms with van der Waals surface area (Å²) in [6.07, 6.45) is 9.49. The van der Waals surface area contributed by atoms with Gasteiger partial charge < -0.3 is 15.0 Å². The van der Waals surface area contributed by atoms with Crippen molar-refractivity contribution in [3.8, 4) is 11.7 Å². The fourth-order valence-electron chi connectivity index (χ4n) is 6.29. The van der Waals surface area contributed by atoms with Crippen LogP contribution in [0.25, 0.3) is 5.82 Å². The lowest BCUT2D eigenvalue weighted by Crippen LogP contribution is -2.41. The minimum Gasteiger partial charge on any atom is -0.476 e. The predicted octanol–water partition coefficient (Wildman–Crippen LogP) is 4.16. The molecular weight excluding hydrogens is 542 g/mol. The molecule has 6 rings (SSSR count). The Morgan fingerprint density at radius 3 is 2.71 bits per heavy atom. The van der Waals surface area contributed by atoms with Gasteiger partial charge in [-0.15, -0.1) is 5.10 Å². The number of rotatable bonds is 4. The van der Waals surface area contributed by atoms with Gasteiger partial charge in [-0.1, -0.05) is 18.9 Å². The average molecular weight is 580 g/mol. The molecule has 0 aromatic carbocycles. The largest absolute Gasteiger partial charge is 0.476 e. The van der Waals surface area contributed by atoms with Crippen molar-refractivity contribution in [3.63, 3.8) is 0 Å². The van der Waals surface area contributed by atoms with Gasteiger partial charge in [0.1, 0.15) is 11.6 Å². The Labute approximate surface area is 240 Å². The number of nitrogens with zero attached hydrogens (tertiary/aromatic N) is 5. The first-order valence-corrected chi connectivity index (χ1v) is 15.9. The van der Waals surface area contributed by atoms with Crippen LogP contribution in [0.5, 0.6) is 5.88 Å². The van der Waals surface area contributed by atoms with Crippen molar-refractivity contribution in [2.45, 2.75) is 69.4 Å². The lowest BCUT2D eigenvalue weighted by atomic mass is 9.93. The lowest BCUT2D eigenvalue weighted by molar-refractivity contribution is 0.0981. The zero-order valence-corrected chi connectivity index (χ0v) is 24.4. The van der Waals surface area contributed by atoms with E-state index in [2.05, 4.69) is 38.9 Å². The van der Waals surface area contributed by atoms with Crippen molar-refractivity contribution >= 4 is 27.6 Å². The van der Waals surface area contributed by atoms with Gasteiger partial charge in [-0.2, -0.15) is 8.42 Å². The minimum atomic E-state index is -4.22. The number of nitrogens with one attached hydrogen (secondary N) is 2. The number of anilines is 2. The number of amides is 1. The standard InChI is InChI=1S/C29H37N7O4S/c1-29(2)17-21-9-6-15-30-23-10-5-11-26(31-23)41(38,39)34-28(37)22-12-13-24(32-27(22)35(29)18-21)36-16-14-25(33-36)40-19-20-7-3-4-8-20/h5,10-14,16,20-21H,3-4,6-9,15,17-19H2,1-2H3,(H,30,31)(H,34,37). The molecule has 218 valence electrons. The van der Waals surface area contributed by atoms with Gasteiger partial charge in [0.15, 0.2) is 10.8 Å². The van der Waals surface area contributed by atoms with Gasteiger partial charge >= 0.3 is 0 Å². The van der Waals surface area contributed by atoms with Crippen molar-refractivity contribution in [2.24, 2.45) is 11.8 Å². The molecule has 11 nitrogen and oxygen atoms in total. The predicted molar refractivity (Wildman–Crippen MR) is 155 cm³/mol. The van der Waals surface area contributed by atoms with Gasteiger partial charge in [0.05, 0.1) is 12.2 Å². The van der Waals surface area contributed by atoms with Crippen LogP contribution < -0.4 is 19.7 Å². The van der Waals surface area contributed by atoms with Gasteiger partial charge in [-0.05, 0) is 82.1 Å². The number of carbonyl (C=O) groups is 1. The molecule has 2 aliphatic heterocycles. The zero-order valence-electron chi connectivity index (χ0n) is 23.5.